The Morgan fingerprint density at radius 3 is 2.00 bits per heavy atom. The van der Waals surface area contributed by atoms with Crippen molar-refractivity contribution in [2.75, 3.05) is 0 Å². The van der Waals surface area contributed by atoms with Crippen LogP contribution in [0.2, 0.25) is 0 Å². The van der Waals surface area contributed by atoms with Crippen LogP contribution in [0.25, 0.3) is 16.8 Å². The first-order valence-corrected chi connectivity index (χ1v) is 14.2. The molecule has 0 fully saturated rings. The Morgan fingerprint density at radius 1 is 0.838 bits per heavy atom. The van der Waals surface area contributed by atoms with E-state index in [2.05, 4.69) is 65.0 Å². The van der Waals surface area contributed by atoms with Crippen molar-refractivity contribution in [3.05, 3.63) is 52.6 Å². The minimum absolute atomic E-state index is 0.149. The van der Waals surface area contributed by atoms with Gasteiger partial charge < -0.3 is 10.2 Å². The number of rotatable bonds is 12. The lowest BCUT2D eigenvalue weighted by atomic mass is 9.55. The Morgan fingerprint density at radius 2 is 1.49 bits per heavy atom. The molecule has 0 amide bonds. The van der Waals surface area contributed by atoms with Crippen LogP contribution in [-0.4, -0.2) is 22.2 Å². The number of carboxylic acid groups (broad SMARTS) is 2. The highest BCUT2D eigenvalue weighted by molar-refractivity contribution is 6.00. The minimum Gasteiger partial charge on any atom is -0.481 e. The topological polar surface area (TPSA) is 74.6 Å². The standard InChI is InChI=1S/C33H46O4/c1-8-12-19-32(10-3,29(34)35)26-21-24-25(31(5,6)7)18-17-22-15-14-16-23(27(22)24)28(26)33(11-4,30(36)37)20-13-9-2/h14-18,21,28H,8-13,19-20H2,1-7H3,(H,34,35)(H,36,37). The predicted molar refractivity (Wildman–Crippen MR) is 153 cm³/mol. The number of carbonyl (C=O) groups is 2. The summed E-state index contributed by atoms with van der Waals surface area (Å²) >= 11 is 0. The Hall–Kier alpha value is -2.62. The van der Waals surface area contributed by atoms with Crippen molar-refractivity contribution in [3.8, 4) is 0 Å². The molecule has 0 radical (unpaired) electrons. The molecule has 0 aromatic heterocycles. The van der Waals surface area contributed by atoms with Crippen molar-refractivity contribution in [3.63, 3.8) is 0 Å². The molecule has 3 rings (SSSR count). The highest BCUT2D eigenvalue weighted by atomic mass is 16.4. The van der Waals surface area contributed by atoms with Crippen LogP contribution in [0.1, 0.15) is 122 Å². The van der Waals surface area contributed by atoms with Crippen LogP contribution in [0.15, 0.2) is 35.9 Å². The van der Waals surface area contributed by atoms with E-state index in [4.69, 9.17) is 0 Å². The molecule has 2 aromatic rings. The second kappa shape index (κ2) is 11.0. The molecule has 4 nitrogen and oxygen atoms in total. The van der Waals surface area contributed by atoms with Crippen LogP contribution in [0, 0.1) is 10.8 Å². The number of carboxylic acids is 2. The van der Waals surface area contributed by atoms with Gasteiger partial charge in [-0.15, -0.1) is 0 Å². The normalized spacial score (nSPS) is 18.7. The molecule has 2 aromatic carbocycles. The highest BCUT2D eigenvalue weighted by Gasteiger charge is 2.54. The first-order chi connectivity index (χ1) is 17.4. The van der Waals surface area contributed by atoms with Gasteiger partial charge in [-0.25, -0.2) is 0 Å². The SMILES string of the molecule is CCCCC(CC)(C(=O)O)C1=Cc2c(C(C)(C)C)ccc3cccc(c23)C1C(CC)(CCCC)C(=O)O. The zero-order chi connectivity index (χ0) is 27.6. The van der Waals surface area contributed by atoms with Crippen LogP contribution < -0.4 is 0 Å². The third-order valence-corrected chi connectivity index (χ3v) is 8.96. The lowest BCUT2D eigenvalue weighted by Gasteiger charge is -2.47. The number of hydrogen-bond donors (Lipinski definition) is 2. The summed E-state index contributed by atoms with van der Waals surface area (Å²) < 4.78 is 0. The van der Waals surface area contributed by atoms with Crippen molar-refractivity contribution in [1.82, 2.24) is 0 Å². The summed E-state index contributed by atoms with van der Waals surface area (Å²) in [5, 5.41) is 23.9. The van der Waals surface area contributed by atoms with Gasteiger partial charge in [0.2, 0.25) is 0 Å². The van der Waals surface area contributed by atoms with Crippen LogP contribution >= 0.6 is 0 Å². The number of unbranched alkanes of at least 4 members (excludes halogenated alkanes) is 2. The van der Waals surface area contributed by atoms with Gasteiger partial charge in [-0.2, -0.15) is 0 Å². The summed E-state index contributed by atoms with van der Waals surface area (Å²) in [5.41, 5.74) is 1.65. The Bertz CT molecular complexity index is 1180. The van der Waals surface area contributed by atoms with Crippen LogP contribution in [-0.2, 0) is 15.0 Å². The van der Waals surface area contributed by atoms with Gasteiger partial charge in [0.25, 0.3) is 0 Å². The van der Waals surface area contributed by atoms with Gasteiger partial charge in [0, 0.05) is 5.92 Å². The van der Waals surface area contributed by atoms with E-state index in [1.807, 2.05) is 19.9 Å². The lowest BCUT2D eigenvalue weighted by Crippen LogP contribution is -2.45. The molecule has 0 bridgehead atoms. The van der Waals surface area contributed by atoms with Crippen LogP contribution in [0.3, 0.4) is 0 Å². The average Bonchev–Trinajstić information content (AvgIpc) is 2.85. The first kappa shape index (κ1) is 28.9. The second-order valence-corrected chi connectivity index (χ2v) is 12.0. The van der Waals surface area contributed by atoms with E-state index in [0.29, 0.717) is 25.7 Å². The van der Waals surface area contributed by atoms with Crippen molar-refractivity contribution in [2.24, 2.45) is 10.8 Å². The summed E-state index contributed by atoms with van der Waals surface area (Å²) in [6, 6.07) is 10.5. The molecule has 2 N–H and O–H groups in total. The van der Waals surface area contributed by atoms with Gasteiger partial charge in [0.05, 0.1) is 10.8 Å². The van der Waals surface area contributed by atoms with Crippen molar-refractivity contribution in [1.29, 1.82) is 0 Å². The molecular formula is C33H46O4. The van der Waals surface area contributed by atoms with E-state index in [9.17, 15) is 19.8 Å². The molecule has 0 saturated carbocycles. The van der Waals surface area contributed by atoms with E-state index in [0.717, 1.165) is 53.2 Å². The maximum absolute atomic E-state index is 13.3. The summed E-state index contributed by atoms with van der Waals surface area (Å²) in [7, 11) is 0. The molecule has 0 aliphatic heterocycles. The van der Waals surface area contributed by atoms with Gasteiger partial charge in [-0.1, -0.05) is 111 Å². The fraction of sp³-hybridized carbons (Fsp3) is 0.576. The molecule has 1 aliphatic rings. The van der Waals surface area contributed by atoms with Crippen LogP contribution in [0.4, 0.5) is 0 Å². The van der Waals surface area contributed by atoms with Crippen molar-refractivity contribution in [2.45, 2.75) is 111 Å². The van der Waals surface area contributed by atoms with E-state index in [1.165, 1.54) is 5.56 Å². The maximum atomic E-state index is 13.3. The van der Waals surface area contributed by atoms with Crippen LogP contribution in [0.5, 0.6) is 0 Å². The minimum atomic E-state index is -1.12. The molecule has 37 heavy (non-hydrogen) atoms. The molecule has 0 saturated heterocycles. The third-order valence-electron chi connectivity index (χ3n) is 8.96. The quantitative estimate of drug-likeness (QED) is 0.301. The van der Waals surface area contributed by atoms with E-state index < -0.39 is 28.7 Å². The number of hydrogen-bond acceptors (Lipinski definition) is 2. The lowest BCUT2D eigenvalue weighted by molar-refractivity contribution is -0.153. The monoisotopic (exact) mass is 506 g/mol. The van der Waals surface area contributed by atoms with E-state index >= 15 is 0 Å². The molecule has 3 atom stereocenters. The van der Waals surface area contributed by atoms with Crippen molar-refractivity contribution < 1.29 is 19.8 Å². The van der Waals surface area contributed by atoms with Gasteiger partial charge in [0.1, 0.15) is 0 Å². The van der Waals surface area contributed by atoms with E-state index in [1.54, 1.807) is 0 Å². The first-order valence-electron chi connectivity index (χ1n) is 14.2. The Kier molecular flexibility index (Phi) is 8.61. The van der Waals surface area contributed by atoms with Gasteiger partial charge >= 0.3 is 11.9 Å². The molecule has 1 aliphatic carbocycles. The predicted octanol–water partition coefficient (Wildman–Crippen LogP) is 8.96. The molecule has 0 heterocycles. The third kappa shape index (κ3) is 4.84. The Balaban J connectivity index is 2.55. The fourth-order valence-electron chi connectivity index (χ4n) is 6.68. The highest BCUT2D eigenvalue weighted by Crippen LogP contribution is 2.59. The number of benzene rings is 2. The zero-order valence-corrected chi connectivity index (χ0v) is 23.9. The number of aliphatic carboxylic acids is 2. The van der Waals surface area contributed by atoms with Crippen molar-refractivity contribution >= 4 is 28.8 Å². The second-order valence-electron chi connectivity index (χ2n) is 12.0. The molecule has 4 heteroatoms. The van der Waals surface area contributed by atoms with Gasteiger partial charge in [0.15, 0.2) is 0 Å². The Labute approximate surface area is 223 Å². The maximum Gasteiger partial charge on any atom is 0.313 e. The summed E-state index contributed by atoms with van der Waals surface area (Å²) in [6.45, 7) is 14.6. The van der Waals surface area contributed by atoms with Gasteiger partial charge in [-0.05, 0) is 64.1 Å². The average molecular weight is 507 g/mol. The summed E-state index contributed by atoms with van der Waals surface area (Å²) in [6.07, 6.45) is 7.38. The molecule has 3 unspecified atom stereocenters. The smallest absolute Gasteiger partial charge is 0.313 e. The molecular weight excluding hydrogens is 460 g/mol. The summed E-state index contributed by atoms with van der Waals surface area (Å²) in [4.78, 5) is 26.5. The fourth-order valence-corrected chi connectivity index (χ4v) is 6.68. The van der Waals surface area contributed by atoms with E-state index in [-0.39, 0.29) is 5.41 Å². The molecule has 0 spiro atoms. The largest absolute Gasteiger partial charge is 0.481 e. The van der Waals surface area contributed by atoms with Gasteiger partial charge in [-0.3, -0.25) is 9.59 Å². The molecule has 202 valence electrons. The zero-order valence-electron chi connectivity index (χ0n) is 23.9. The summed E-state index contributed by atoms with van der Waals surface area (Å²) in [5.74, 6) is -2.16.